The van der Waals surface area contributed by atoms with Crippen LogP contribution in [0.25, 0.3) is 10.9 Å². The number of carbonyl (C=O) groups excluding carboxylic acids is 1. The summed E-state index contributed by atoms with van der Waals surface area (Å²) in [5, 5.41) is 14.8. The van der Waals surface area contributed by atoms with Gasteiger partial charge in [-0.25, -0.2) is 4.79 Å². The summed E-state index contributed by atoms with van der Waals surface area (Å²) in [6, 6.07) is 5.02. The van der Waals surface area contributed by atoms with E-state index in [1.807, 2.05) is 0 Å². The molecule has 0 fully saturated rings. The number of esters is 1. The fourth-order valence-electron chi connectivity index (χ4n) is 1.66. The molecule has 6 heteroatoms. The van der Waals surface area contributed by atoms with Crippen LogP contribution >= 0.6 is 11.6 Å². The fraction of sp³-hybridized carbons (Fsp3) is 0.273. The zero-order valence-electron chi connectivity index (χ0n) is 9.35. The van der Waals surface area contributed by atoms with Crippen molar-refractivity contribution < 1.29 is 14.6 Å². The molecule has 1 atom stereocenters. The van der Waals surface area contributed by atoms with Crippen LogP contribution in [0.3, 0.4) is 0 Å². The van der Waals surface area contributed by atoms with Crippen molar-refractivity contribution in [1.29, 1.82) is 0 Å². The molecule has 0 aliphatic carbocycles. The maximum absolute atomic E-state index is 11.2. The number of hydrogen-bond donors (Lipinski definition) is 1. The lowest BCUT2D eigenvalue weighted by Crippen LogP contribution is -2.13. The Morgan fingerprint density at radius 2 is 2.29 bits per heavy atom. The Hall–Kier alpha value is -1.59. The van der Waals surface area contributed by atoms with Crippen LogP contribution in [-0.4, -0.2) is 28.0 Å². The number of aromatic nitrogens is 2. The predicted molar refractivity (Wildman–Crippen MR) is 62.7 cm³/mol. The summed E-state index contributed by atoms with van der Waals surface area (Å²) in [6.07, 6.45) is -1.30. The minimum absolute atomic E-state index is 0.335. The van der Waals surface area contributed by atoms with Crippen LogP contribution in [0.1, 0.15) is 11.7 Å². The number of aryl methyl sites for hydroxylation is 1. The molecule has 5 nitrogen and oxygen atoms in total. The number of rotatable bonds is 2. The maximum atomic E-state index is 11.2. The molecule has 2 aromatic rings. The quantitative estimate of drug-likeness (QED) is 0.824. The predicted octanol–water partition coefficient (Wildman–Crippen LogP) is 1.43. The number of ether oxygens (including phenoxy) is 1. The summed E-state index contributed by atoms with van der Waals surface area (Å²) >= 11 is 5.94. The second-order valence-electron chi connectivity index (χ2n) is 3.62. The van der Waals surface area contributed by atoms with E-state index in [1.165, 1.54) is 7.11 Å². The highest BCUT2D eigenvalue weighted by Gasteiger charge is 2.19. The van der Waals surface area contributed by atoms with Crippen molar-refractivity contribution in [2.45, 2.75) is 6.10 Å². The molecule has 1 N–H and O–H groups in total. The number of benzene rings is 1. The molecule has 17 heavy (non-hydrogen) atoms. The Bertz CT molecular complexity index is 579. The molecule has 1 aromatic carbocycles. The van der Waals surface area contributed by atoms with Crippen molar-refractivity contribution in [3.8, 4) is 0 Å². The standard InChI is InChI=1S/C11H11ClN2O3/c1-14-8-4-3-6(9(15)11(16)17-2)5-7(8)10(12)13-14/h3-5,9,15H,1-2H3. The van der Waals surface area contributed by atoms with Gasteiger partial charge in [0.1, 0.15) is 0 Å². The molecule has 0 spiro atoms. The Labute approximate surface area is 103 Å². The molecule has 1 aromatic heterocycles. The first-order valence-electron chi connectivity index (χ1n) is 4.92. The lowest BCUT2D eigenvalue weighted by molar-refractivity contribution is -0.150. The van der Waals surface area contributed by atoms with Crippen molar-refractivity contribution in [2.24, 2.45) is 7.05 Å². The zero-order chi connectivity index (χ0) is 12.6. The van der Waals surface area contributed by atoms with E-state index in [1.54, 1.807) is 29.9 Å². The first-order chi connectivity index (χ1) is 8.04. The van der Waals surface area contributed by atoms with Crippen LogP contribution < -0.4 is 0 Å². The molecule has 1 unspecified atom stereocenters. The molecule has 0 bridgehead atoms. The van der Waals surface area contributed by atoms with Gasteiger partial charge in [0.05, 0.1) is 12.6 Å². The van der Waals surface area contributed by atoms with Crippen molar-refractivity contribution in [3.05, 3.63) is 28.9 Å². The second kappa shape index (κ2) is 4.35. The number of aliphatic hydroxyl groups is 1. The summed E-state index contributed by atoms with van der Waals surface area (Å²) in [7, 11) is 2.99. The van der Waals surface area contributed by atoms with Crippen molar-refractivity contribution >= 4 is 28.5 Å². The average molecular weight is 255 g/mol. The van der Waals surface area contributed by atoms with E-state index in [4.69, 9.17) is 11.6 Å². The summed E-state index contributed by atoms with van der Waals surface area (Å²) < 4.78 is 6.10. The molecule has 0 radical (unpaired) electrons. The first-order valence-corrected chi connectivity index (χ1v) is 5.30. The van der Waals surface area contributed by atoms with Crippen molar-refractivity contribution in [1.82, 2.24) is 9.78 Å². The molecule has 0 saturated carbocycles. The van der Waals surface area contributed by atoms with Crippen molar-refractivity contribution in [3.63, 3.8) is 0 Å². The lowest BCUT2D eigenvalue weighted by Gasteiger charge is -2.08. The molecule has 1 heterocycles. The lowest BCUT2D eigenvalue weighted by atomic mass is 10.1. The van der Waals surface area contributed by atoms with Gasteiger partial charge >= 0.3 is 5.97 Å². The number of nitrogens with zero attached hydrogens (tertiary/aromatic N) is 2. The van der Waals surface area contributed by atoms with Gasteiger partial charge in [-0.1, -0.05) is 17.7 Å². The van der Waals surface area contributed by atoms with Gasteiger partial charge in [0.15, 0.2) is 11.3 Å². The van der Waals surface area contributed by atoms with Gasteiger partial charge in [0.2, 0.25) is 0 Å². The third kappa shape index (κ3) is 1.99. The fourth-order valence-corrected chi connectivity index (χ4v) is 1.92. The number of fused-ring (bicyclic) bond motifs is 1. The highest BCUT2D eigenvalue weighted by atomic mass is 35.5. The van der Waals surface area contributed by atoms with Crippen LogP contribution in [0.15, 0.2) is 18.2 Å². The Kier molecular flexibility index (Phi) is 3.04. The monoisotopic (exact) mass is 254 g/mol. The molecule has 2 rings (SSSR count). The van der Waals surface area contributed by atoms with Gasteiger partial charge in [-0.05, 0) is 17.7 Å². The Morgan fingerprint density at radius 1 is 1.59 bits per heavy atom. The van der Waals surface area contributed by atoms with Gasteiger partial charge in [-0.15, -0.1) is 0 Å². The van der Waals surface area contributed by atoms with Crippen LogP contribution in [0, 0.1) is 0 Å². The second-order valence-corrected chi connectivity index (χ2v) is 3.97. The normalized spacial score (nSPS) is 12.7. The van der Waals surface area contributed by atoms with Gasteiger partial charge in [0, 0.05) is 12.4 Å². The highest BCUT2D eigenvalue weighted by molar-refractivity contribution is 6.34. The topological polar surface area (TPSA) is 64.3 Å². The molecular formula is C11H11ClN2O3. The van der Waals surface area contributed by atoms with E-state index in [9.17, 15) is 9.90 Å². The minimum Gasteiger partial charge on any atom is -0.467 e. The van der Waals surface area contributed by atoms with Gasteiger partial charge in [-0.3, -0.25) is 4.68 Å². The van der Waals surface area contributed by atoms with E-state index >= 15 is 0 Å². The molecule has 0 saturated heterocycles. The summed E-state index contributed by atoms with van der Waals surface area (Å²) in [5.41, 5.74) is 1.26. The van der Waals surface area contributed by atoms with Crippen molar-refractivity contribution in [2.75, 3.05) is 7.11 Å². The molecule has 0 aliphatic heterocycles. The van der Waals surface area contributed by atoms with E-state index in [-0.39, 0.29) is 0 Å². The summed E-state index contributed by atoms with van der Waals surface area (Å²) in [6.45, 7) is 0. The van der Waals surface area contributed by atoms with E-state index in [2.05, 4.69) is 9.84 Å². The molecule has 90 valence electrons. The number of hydrogen-bond acceptors (Lipinski definition) is 4. The number of aliphatic hydroxyl groups excluding tert-OH is 1. The highest BCUT2D eigenvalue weighted by Crippen LogP contribution is 2.26. The number of methoxy groups -OCH3 is 1. The average Bonchev–Trinajstić information content (AvgIpc) is 2.62. The van der Waals surface area contributed by atoms with E-state index in [0.29, 0.717) is 16.1 Å². The minimum atomic E-state index is -1.30. The number of halogens is 1. The van der Waals surface area contributed by atoms with Crippen LogP contribution in [0.2, 0.25) is 5.15 Å². The van der Waals surface area contributed by atoms with E-state index < -0.39 is 12.1 Å². The Balaban J connectivity index is 2.51. The van der Waals surface area contributed by atoms with Crippen LogP contribution in [0.4, 0.5) is 0 Å². The van der Waals surface area contributed by atoms with Crippen LogP contribution in [-0.2, 0) is 16.6 Å². The molecule has 0 aliphatic rings. The van der Waals surface area contributed by atoms with Gasteiger partial charge < -0.3 is 9.84 Å². The SMILES string of the molecule is COC(=O)C(O)c1ccc2c(c1)c(Cl)nn2C. The smallest absolute Gasteiger partial charge is 0.339 e. The molecular weight excluding hydrogens is 244 g/mol. The van der Waals surface area contributed by atoms with Gasteiger partial charge in [0.25, 0.3) is 0 Å². The zero-order valence-corrected chi connectivity index (χ0v) is 10.1. The van der Waals surface area contributed by atoms with Crippen LogP contribution in [0.5, 0.6) is 0 Å². The van der Waals surface area contributed by atoms with Gasteiger partial charge in [-0.2, -0.15) is 5.10 Å². The molecule has 0 amide bonds. The largest absolute Gasteiger partial charge is 0.467 e. The van der Waals surface area contributed by atoms with E-state index in [0.717, 1.165) is 5.52 Å². The maximum Gasteiger partial charge on any atom is 0.339 e. The summed E-state index contributed by atoms with van der Waals surface area (Å²) in [4.78, 5) is 11.2. The third-order valence-electron chi connectivity index (χ3n) is 2.57. The first kappa shape index (κ1) is 11.9. The third-order valence-corrected chi connectivity index (χ3v) is 2.85. The number of carbonyl (C=O) groups is 1. The Morgan fingerprint density at radius 3 is 2.94 bits per heavy atom. The summed E-state index contributed by atoms with van der Waals surface area (Å²) in [5.74, 6) is -0.704.